The predicted molar refractivity (Wildman–Crippen MR) is 89.9 cm³/mol. The SMILES string of the molecule is O=C/C=C/C=C1\C=C(c2ccccc2)Sc2ccccc21. The normalized spacial score (nSPS) is 15.8. The highest BCUT2D eigenvalue weighted by Crippen LogP contribution is 2.44. The van der Waals surface area contributed by atoms with Crippen LogP contribution in [0.2, 0.25) is 0 Å². The number of thioether (sulfide) groups is 1. The zero-order chi connectivity index (χ0) is 14.5. The number of benzene rings is 2. The van der Waals surface area contributed by atoms with Crippen molar-refractivity contribution in [2.24, 2.45) is 0 Å². The number of aldehydes is 1. The van der Waals surface area contributed by atoms with E-state index in [-0.39, 0.29) is 0 Å². The molecule has 1 nitrogen and oxygen atoms in total. The van der Waals surface area contributed by atoms with Gasteiger partial charge in [0.05, 0.1) is 0 Å². The molecule has 0 amide bonds. The first-order chi connectivity index (χ1) is 10.4. The van der Waals surface area contributed by atoms with E-state index in [1.807, 2.05) is 30.3 Å². The number of carbonyl (C=O) groups excluding carboxylic acids is 1. The minimum absolute atomic E-state index is 0.794. The molecule has 0 aromatic heterocycles. The number of hydrogen-bond acceptors (Lipinski definition) is 2. The Morgan fingerprint density at radius 1 is 0.857 bits per heavy atom. The van der Waals surface area contributed by atoms with E-state index < -0.39 is 0 Å². The van der Waals surface area contributed by atoms with Gasteiger partial charge >= 0.3 is 0 Å². The van der Waals surface area contributed by atoms with E-state index in [2.05, 4.69) is 36.4 Å². The van der Waals surface area contributed by atoms with Crippen molar-refractivity contribution in [3.8, 4) is 0 Å². The second-order valence-electron chi connectivity index (χ2n) is 4.62. The first kappa shape index (κ1) is 13.7. The van der Waals surface area contributed by atoms with Crippen LogP contribution in [0.15, 0.2) is 83.8 Å². The van der Waals surface area contributed by atoms with Crippen LogP contribution in [0.3, 0.4) is 0 Å². The van der Waals surface area contributed by atoms with Crippen molar-refractivity contribution in [1.82, 2.24) is 0 Å². The lowest BCUT2D eigenvalue weighted by atomic mass is 10.0. The van der Waals surface area contributed by atoms with Crippen LogP contribution in [0.1, 0.15) is 11.1 Å². The summed E-state index contributed by atoms with van der Waals surface area (Å²) in [5, 5.41) is 0. The van der Waals surface area contributed by atoms with Crippen molar-refractivity contribution in [3.05, 3.63) is 90.0 Å². The maximum absolute atomic E-state index is 10.4. The van der Waals surface area contributed by atoms with Crippen LogP contribution in [0, 0.1) is 0 Å². The molecule has 3 rings (SSSR count). The molecule has 0 spiro atoms. The summed E-state index contributed by atoms with van der Waals surface area (Å²) < 4.78 is 0. The molecule has 0 atom stereocenters. The van der Waals surface area contributed by atoms with Gasteiger partial charge in [0.15, 0.2) is 0 Å². The molecule has 1 aliphatic heterocycles. The summed E-state index contributed by atoms with van der Waals surface area (Å²) in [5.41, 5.74) is 3.54. The fraction of sp³-hybridized carbons (Fsp3) is 0. The number of carbonyl (C=O) groups is 1. The Balaban J connectivity index is 2.07. The van der Waals surface area contributed by atoms with E-state index in [1.165, 1.54) is 27.0 Å². The van der Waals surface area contributed by atoms with Gasteiger partial charge in [0.2, 0.25) is 0 Å². The molecule has 0 bridgehead atoms. The average Bonchev–Trinajstić information content (AvgIpc) is 2.55. The highest BCUT2D eigenvalue weighted by Gasteiger charge is 2.15. The number of fused-ring (bicyclic) bond motifs is 1. The average molecular weight is 290 g/mol. The van der Waals surface area contributed by atoms with E-state index in [4.69, 9.17) is 0 Å². The summed E-state index contributed by atoms with van der Waals surface area (Å²) in [6.07, 6.45) is 8.25. The number of allylic oxidation sites excluding steroid dienone is 5. The van der Waals surface area contributed by atoms with Gasteiger partial charge in [-0.1, -0.05) is 72.4 Å². The molecule has 102 valence electrons. The number of hydrogen-bond donors (Lipinski definition) is 0. The quantitative estimate of drug-likeness (QED) is 0.586. The first-order valence-electron chi connectivity index (χ1n) is 6.75. The van der Waals surface area contributed by atoms with Gasteiger partial charge in [-0.3, -0.25) is 4.79 Å². The van der Waals surface area contributed by atoms with E-state index in [9.17, 15) is 4.79 Å². The van der Waals surface area contributed by atoms with Crippen molar-refractivity contribution >= 4 is 28.5 Å². The molecule has 2 heteroatoms. The Hall–Kier alpha value is -2.32. The molecule has 0 saturated heterocycles. The van der Waals surface area contributed by atoms with Gasteiger partial charge in [-0.05, 0) is 34.9 Å². The maximum atomic E-state index is 10.4. The molecule has 21 heavy (non-hydrogen) atoms. The third-order valence-electron chi connectivity index (χ3n) is 3.23. The van der Waals surface area contributed by atoms with Gasteiger partial charge in [0, 0.05) is 9.80 Å². The van der Waals surface area contributed by atoms with Crippen molar-refractivity contribution in [2.75, 3.05) is 0 Å². The zero-order valence-corrected chi connectivity index (χ0v) is 12.2. The molecule has 0 unspecified atom stereocenters. The van der Waals surface area contributed by atoms with E-state index >= 15 is 0 Å². The smallest absolute Gasteiger partial charge is 0.142 e. The van der Waals surface area contributed by atoms with Gasteiger partial charge < -0.3 is 0 Å². The highest BCUT2D eigenvalue weighted by atomic mass is 32.2. The minimum Gasteiger partial charge on any atom is -0.299 e. The Morgan fingerprint density at radius 3 is 2.43 bits per heavy atom. The van der Waals surface area contributed by atoms with Crippen molar-refractivity contribution in [3.63, 3.8) is 0 Å². The Labute approximate surface area is 128 Å². The molecule has 0 radical (unpaired) electrons. The minimum atomic E-state index is 0.794. The molecule has 0 fully saturated rings. The molecule has 0 N–H and O–H groups in total. The summed E-state index contributed by atoms with van der Waals surface area (Å²) in [6.45, 7) is 0. The monoisotopic (exact) mass is 290 g/mol. The Kier molecular flexibility index (Phi) is 4.17. The van der Waals surface area contributed by atoms with Crippen LogP contribution in [-0.4, -0.2) is 6.29 Å². The van der Waals surface area contributed by atoms with Crippen LogP contribution in [0.25, 0.3) is 10.5 Å². The summed E-state index contributed by atoms with van der Waals surface area (Å²) in [4.78, 5) is 12.9. The third-order valence-corrected chi connectivity index (χ3v) is 4.38. The van der Waals surface area contributed by atoms with Crippen molar-refractivity contribution < 1.29 is 4.79 Å². The lowest BCUT2D eigenvalue weighted by Gasteiger charge is -2.18. The molecular formula is C19H14OS. The summed E-state index contributed by atoms with van der Waals surface area (Å²) in [6, 6.07) is 18.7. The largest absolute Gasteiger partial charge is 0.299 e. The predicted octanol–water partition coefficient (Wildman–Crippen LogP) is 4.97. The molecular weight excluding hydrogens is 276 g/mol. The Bertz CT molecular complexity index is 739. The summed E-state index contributed by atoms with van der Waals surface area (Å²) >= 11 is 1.78. The van der Waals surface area contributed by atoms with Crippen LogP contribution < -0.4 is 0 Å². The van der Waals surface area contributed by atoms with Gasteiger partial charge in [0.25, 0.3) is 0 Å². The van der Waals surface area contributed by atoms with Gasteiger partial charge in [-0.15, -0.1) is 0 Å². The second kappa shape index (κ2) is 6.42. The zero-order valence-electron chi connectivity index (χ0n) is 11.4. The number of rotatable bonds is 3. The van der Waals surface area contributed by atoms with E-state index in [1.54, 1.807) is 17.8 Å². The lowest BCUT2D eigenvalue weighted by molar-refractivity contribution is -0.104. The Morgan fingerprint density at radius 2 is 1.62 bits per heavy atom. The van der Waals surface area contributed by atoms with Gasteiger partial charge in [-0.25, -0.2) is 0 Å². The fourth-order valence-electron chi connectivity index (χ4n) is 2.25. The van der Waals surface area contributed by atoms with Gasteiger partial charge in [0.1, 0.15) is 6.29 Å². The maximum Gasteiger partial charge on any atom is 0.142 e. The van der Waals surface area contributed by atoms with Crippen LogP contribution >= 0.6 is 11.8 Å². The highest BCUT2D eigenvalue weighted by molar-refractivity contribution is 8.08. The fourth-order valence-corrected chi connectivity index (χ4v) is 3.37. The lowest BCUT2D eigenvalue weighted by Crippen LogP contribution is -1.93. The molecule has 0 aliphatic carbocycles. The molecule has 2 aromatic rings. The van der Waals surface area contributed by atoms with Gasteiger partial charge in [-0.2, -0.15) is 0 Å². The van der Waals surface area contributed by atoms with Crippen LogP contribution in [0.4, 0.5) is 0 Å². The molecule has 1 aliphatic rings. The van der Waals surface area contributed by atoms with E-state index in [0.29, 0.717) is 0 Å². The van der Waals surface area contributed by atoms with Crippen LogP contribution in [-0.2, 0) is 4.79 Å². The van der Waals surface area contributed by atoms with Crippen molar-refractivity contribution in [1.29, 1.82) is 0 Å². The summed E-state index contributed by atoms with van der Waals surface area (Å²) in [5.74, 6) is 0. The van der Waals surface area contributed by atoms with E-state index in [0.717, 1.165) is 11.9 Å². The second-order valence-corrected chi connectivity index (χ2v) is 5.70. The van der Waals surface area contributed by atoms with Crippen LogP contribution in [0.5, 0.6) is 0 Å². The molecule has 2 aromatic carbocycles. The van der Waals surface area contributed by atoms with Crippen molar-refractivity contribution in [2.45, 2.75) is 4.90 Å². The molecule has 1 heterocycles. The standard InChI is InChI=1S/C19H14OS/c20-13-7-6-10-16-14-19(15-8-2-1-3-9-15)21-18-12-5-4-11-17(16)18/h1-14H/b7-6+,16-10+. The molecule has 0 saturated carbocycles. The first-order valence-corrected chi connectivity index (χ1v) is 7.56. The topological polar surface area (TPSA) is 17.1 Å². The summed E-state index contributed by atoms with van der Waals surface area (Å²) in [7, 11) is 0. The third kappa shape index (κ3) is 3.06.